The zero-order valence-corrected chi connectivity index (χ0v) is 7.85. The van der Waals surface area contributed by atoms with E-state index < -0.39 is 23.2 Å². The normalized spacial score (nSPS) is 11.2. The van der Waals surface area contributed by atoms with E-state index in [4.69, 9.17) is 0 Å². The molecular weight excluding hydrogens is 209 g/mol. The van der Waals surface area contributed by atoms with Crippen LogP contribution in [0.15, 0.2) is 24.3 Å². The fourth-order valence-electron chi connectivity index (χ4n) is 1.11. The Bertz CT molecular complexity index is 363. The predicted octanol–water partition coefficient (Wildman–Crippen LogP) is 1.57. The number of halogens is 3. The maximum absolute atomic E-state index is 12.4. The summed E-state index contributed by atoms with van der Waals surface area (Å²) in [7, 11) is 1.40. The van der Waals surface area contributed by atoms with Gasteiger partial charge in [0.15, 0.2) is 0 Å². The molecule has 15 heavy (non-hydrogen) atoms. The first-order valence-electron chi connectivity index (χ1n) is 4.10. The number of nitrogens with one attached hydrogen (secondary N) is 2. The highest BCUT2D eigenvalue weighted by Crippen LogP contribution is 2.31. The lowest BCUT2D eigenvalue weighted by Gasteiger charge is -2.11. The standard InChI is InChI=1S/C9H9F3N2O/c1-13-14-8(15)6-4-2-3-5-7(6)9(10,11)12/h2-5,13H,1H3,(H,14,15). The summed E-state index contributed by atoms with van der Waals surface area (Å²) in [5.74, 6) is -0.814. The molecule has 1 aromatic carbocycles. The Balaban J connectivity index is 3.12. The van der Waals surface area contributed by atoms with Gasteiger partial charge in [-0.1, -0.05) is 12.1 Å². The molecule has 0 radical (unpaired) electrons. The number of carbonyl (C=O) groups excluding carboxylic acids is 1. The van der Waals surface area contributed by atoms with Crippen LogP contribution in [0.2, 0.25) is 0 Å². The first kappa shape index (κ1) is 11.5. The maximum atomic E-state index is 12.4. The third kappa shape index (κ3) is 2.69. The van der Waals surface area contributed by atoms with Gasteiger partial charge in [0.1, 0.15) is 0 Å². The van der Waals surface area contributed by atoms with E-state index in [1.54, 1.807) is 0 Å². The second-order valence-corrected chi connectivity index (χ2v) is 2.75. The van der Waals surface area contributed by atoms with Crippen molar-refractivity contribution in [2.45, 2.75) is 6.18 Å². The van der Waals surface area contributed by atoms with Crippen LogP contribution in [-0.4, -0.2) is 13.0 Å². The fourth-order valence-corrected chi connectivity index (χ4v) is 1.11. The Kier molecular flexibility index (Phi) is 3.31. The number of benzene rings is 1. The monoisotopic (exact) mass is 218 g/mol. The molecule has 0 aliphatic rings. The molecule has 1 amide bonds. The Morgan fingerprint density at radius 1 is 1.27 bits per heavy atom. The van der Waals surface area contributed by atoms with E-state index in [0.717, 1.165) is 12.1 Å². The Hall–Kier alpha value is -1.56. The molecule has 0 aliphatic heterocycles. The zero-order chi connectivity index (χ0) is 11.5. The van der Waals surface area contributed by atoms with Crippen molar-refractivity contribution < 1.29 is 18.0 Å². The van der Waals surface area contributed by atoms with E-state index in [1.807, 2.05) is 0 Å². The lowest BCUT2D eigenvalue weighted by Crippen LogP contribution is -2.35. The predicted molar refractivity (Wildman–Crippen MR) is 48.0 cm³/mol. The topological polar surface area (TPSA) is 41.1 Å². The number of hydrazine groups is 1. The second kappa shape index (κ2) is 4.31. The lowest BCUT2D eigenvalue weighted by molar-refractivity contribution is -0.137. The summed E-state index contributed by atoms with van der Waals surface area (Å²) in [5.41, 5.74) is 3.01. The van der Waals surface area contributed by atoms with Crippen molar-refractivity contribution in [2.75, 3.05) is 7.05 Å². The molecule has 2 N–H and O–H groups in total. The van der Waals surface area contributed by atoms with Crippen LogP contribution >= 0.6 is 0 Å². The lowest BCUT2D eigenvalue weighted by atomic mass is 10.1. The number of rotatable bonds is 2. The van der Waals surface area contributed by atoms with Crippen molar-refractivity contribution in [1.29, 1.82) is 0 Å². The summed E-state index contributed by atoms with van der Waals surface area (Å²) >= 11 is 0. The molecule has 0 heterocycles. The molecule has 0 aliphatic carbocycles. The van der Waals surface area contributed by atoms with E-state index in [0.29, 0.717) is 0 Å². The van der Waals surface area contributed by atoms with Gasteiger partial charge < -0.3 is 0 Å². The van der Waals surface area contributed by atoms with Crippen molar-refractivity contribution in [3.8, 4) is 0 Å². The van der Waals surface area contributed by atoms with Crippen LogP contribution in [0, 0.1) is 0 Å². The quantitative estimate of drug-likeness (QED) is 0.740. The average molecular weight is 218 g/mol. The molecule has 0 aromatic heterocycles. The fraction of sp³-hybridized carbons (Fsp3) is 0.222. The van der Waals surface area contributed by atoms with Crippen LogP contribution in [-0.2, 0) is 6.18 Å². The van der Waals surface area contributed by atoms with Crippen molar-refractivity contribution in [1.82, 2.24) is 10.9 Å². The molecule has 0 spiro atoms. The molecule has 0 unspecified atom stereocenters. The van der Waals surface area contributed by atoms with Crippen LogP contribution in [0.1, 0.15) is 15.9 Å². The minimum Gasteiger partial charge on any atom is -0.288 e. The second-order valence-electron chi connectivity index (χ2n) is 2.75. The smallest absolute Gasteiger partial charge is 0.288 e. The number of alkyl halides is 3. The molecular formula is C9H9F3N2O. The first-order chi connectivity index (χ1) is 6.96. The van der Waals surface area contributed by atoms with Crippen molar-refractivity contribution in [2.24, 2.45) is 0 Å². The average Bonchev–Trinajstić information content (AvgIpc) is 2.17. The van der Waals surface area contributed by atoms with Gasteiger partial charge in [-0.2, -0.15) is 13.2 Å². The van der Waals surface area contributed by atoms with Crippen LogP contribution in [0.5, 0.6) is 0 Å². The third-order valence-corrected chi connectivity index (χ3v) is 1.72. The minimum absolute atomic E-state index is 0.403. The molecule has 82 valence electrons. The number of amides is 1. The van der Waals surface area contributed by atoms with E-state index in [2.05, 4.69) is 10.9 Å². The number of carbonyl (C=O) groups is 1. The number of hydrogen-bond acceptors (Lipinski definition) is 2. The summed E-state index contributed by atoms with van der Waals surface area (Å²) in [6, 6.07) is 4.60. The summed E-state index contributed by atoms with van der Waals surface area (Å²) in [6.07, 6.45) is -4.53. The van der Waals surface area contributed by atoms with Crippen molar-refractivity contribution >= 4 is 5.91 Å². The molecule has 0 atom stereocenters. The third-order valence-electron chi connectivity index (χ3n) is 1.72. The summed E-state index contributed by atoms with van der Waals surface area (Å²) < 4.78 is 37.3. The van der Waals surface area contributed by atoms with Crippen molar-refractivity contribution in [3.05, 3.63) is 35.4 Å². The highest BCUT2D eigenvalue weighted by atomic mass is 19.4. The Labute approximate surface area is 84.3 Å². The Morgan fingerprint density at radius 2 is 1.87 bits per heavy atom. The van der Waals surface area contributed by atoms with Gasteiger partial charge in [0.05, 0.1) is 11.1 Å². The van der Waals surface area contributed by atoms with Crippen LogP contribution in [0.25, 0.3) is 0 Å². The summed E-state index contributed by atoms with van der Waals surface area (Å²) in [6.45, 7) is 0. The van der Waals surface area contributed by atoms with Gasteiger partial charge in [0, 0.05) is 7.05 Å². The molecule has 3 nitrogen and oxygen atoms in total. The van der Waals surface area contributed by atoms with Gasteiger partial charge in [-0.15, -0.1) is 0 Å². The van der Waals surface area contributed by atoms with Gasteiger partial charge in [0.2, 0.25) is 0 Å². The Morgan fingerprint density at radius 3 is 2.40 bits per heavy atom. The molecule has 0 bridgehead atoms. The van der Waals surface area contributed by atoms with Crippen LogP contribution in [0.3, 0.4) is 0 Å². The SMILES string of the molecule is CNNC(=O)c1ccccc1C(F)(F)F. The zero-order valence-electron chi connectivity index (χ0n) is 7.85. The minimum atomic E-state index is -4.53. The van der Waals surface area contributed by atoms with Gasteiger partial charge in [-0.05, 0) is 12.1 Å². The van der Waals surface area contributed by atoms with E-state index in [-0.39, 0.29) is 0 Å². The molecule has 0 fully saturated rings. The molecule has 0 saturated heterocycles. The summed E-state index contributed by atoms with van der Waals surface area (Å²) in [5, 5.41) is 0. The first-order valence-corrected chi connectivity index (χ1v) is 4.10. The highest BCUT2D eigenvalue weighted by Gasteiger charge is 2.34. The van der Waals surface area contributed by atoms with E-state index in [9.17, 15) is 18.0 Å². The molecule has 1 rings (SSSR count). The maximum Gasteiger partial charge on any atom is 0.417 e. The van der Waals surface area contributed by atoms with Gasteiger partial charge in [-0.3, -0.25) is 10.2 Å². The van der Waals surface area contributed by atoms with Gasteiger partial charge in [0.25, 0.3) is 5.91 Å². The number of hydrogen-bond donors (Lipinski definition) is 2. The largest absolute Gasteiger partial charge is 0.417 e. The van der Waals surface area contributed by atoms with Crippen LogP contribution in [0.4, 0.5) is 13.2 Å². The van der Waals surface area contributed by atoms with E-state index >= 15 is 0 Å². The van der Waals surface area contributed by atoms with Gasteiger partial charge >= 0.3 is 6.18 Å². The molecule has 1 aromatic rings. The van der Waals surface area contributed by atoms with E-state index in [1.165, 1.54) is 19.2 Å². The molecule has 0 saturated carbocycles. The highest BCUT2D eigenvalue weighted by molar-refractivity contribution is 5.95. The molecule has 6 heteroatoms. The van der Waals surface area contributed by atoms with Gasteiger partial charge in [-0.25, -0.2) is 5.43 Å². The van der Waals surface area contributed by atoms with Crippen LogP contribution < -0.4 is 10.9 Å². The van der Waals surface area contributed by atoms with Crippen molar-refractivity contribution in [3.63, 3.8) is 0 Å². The summed E-state index contributed by atoms with van der Waals surface area (Å²) in [4.78, 5) is 11.2.